The number of amides is 1. The molecule has 0 atom stereocenters. The average Bonchev–Trinajstić information content (AvgIpc) is 2.86. The number of pyridine rings is 1. The third kappa shape index (κ3) is 2.11. The molecule has 0 unspecified atom stereocenters. The Kier molecular flexibility index (Phi) is 3.04. The lowest BCUT2D eigenvalue weighted by atomic mass is 10.1. The second-order valence-electron chi connectivity index (χ2n) is 5.31. The van der Waals surface area contributed by atoms with Gasteiger partial charge >= 0.3 is 0 Å². The molecular weight excluding hydrogens is 278 g/mol. The number of hydrogen-bond donors (Lipinski definition) is 1. The van der Waals surface area contributed by atoms with Crippen LogP contribution in [-0.2, 0) is 6.54 Å². The first-order valence-corrected chi connectivity index (χ1v) is 7.24. The quantitative estimate of drug-likeness (QED) is 0.750. The molecule has 22 heavy (non-hydrogen) atoms. The fourth-order valence-electron chi connectivity index (χ4n) is 2.82. The van der Waals surface area contributed by atoms with E-state index < -0.39 is 0 Å². The number of aromatic nitrogens is 2. The maximum absolute atomic E-state index is 12.9. The van der Waals surface area contributed by atoms with E-state index in [4.69, 9.17) is 4.74 Å². The highest BCUT2D eigenvalue weighted by Crippen LogP contribution is 2.24. The van der Waals surface area contributed by atoms with Crippen molar-refractivity contribution in [2.75, 3.05) is 13.2 Å². The lowest BCUT2D eigenvalue weighted by Gasteiger charge is -2.19. The Morgan fingerprint density at radius 2 is 2.18 bits per heavy atom. The van der Waals surface area contributed by atoms with Crippen LogP contribution in [0.5, 0.6) is 5.75 Å². The zero-order valence-corrected chi connectivity index (χ0v) is 12.0. The van der Waals surface area contributed by atoms with Crippen molar-refractivity contribution in [3.63, 3.8) is 0 Å². The molecule has 1 aliphatic heterocycles. The normalized spacial score (nSPS) is 14.3. The molecule has 1 aromatic carbocycles. The van der Waals surface area contributed by atoms with E-state index in [-0.39, 0.29) is 5.91 Å². The van der Waals surface area contributed by atoms with Gasteiger partial charge in [0.2, 0.25) is 0 Å². The molecule has 0 saturated carbocycles. The molecule has 0 bridgehead atoms. The van der Waals surface area contributed by atoms with Crippen molar-refractivity contribution < 1.29 is 9.53 Å². The Bertz CT molecular complexity index is 841. The zero-order valence-electron chi connectivity index (χ0n) is 12.0. The Morgan fingerprint density at radius 1 is 1.27 bits per heavy atom. The van der Waals surface area contributed by atoms with Crippen molar-refractivity contribution in [1.29, 1.82) is 0 Å². The molecule has 110 valence electrons. The highest BCUT2D eigenvalue weighted by Gasteiger charge is 2.23. The van der Waals surface area contributed by atoms with Crippen LogP contribution in [-0.4, -0.2) is 33.9 Å². The molecule has 0 radical (unpaired) electrons. The largest absolute Gasteiger partial charge is 0.491 e. The number of benzene rings is 1. The summed E-state index contributed by atoms with van der Waals surface area (Å²) in [6, 6.07) is 9.67. The molecule has 3 aromatic rings. The number of nitrogens with one attached hydrogen (secondary N) is 1. The van der Waals surface area contributed by atoms with Crippen LogP contribution < -0.4 is 4.74 Å². The van der Waals surface area contributed by atoms with E-state index >= 15 is 0 Å². The molecule has 1 amide bonds. The van der Waals surface area contributed by atoms with Crippen molar-refractivity contribution in [1.82, 2.24) is 14.9 Å². The van der Waals surface area contributed by atoms with Crippen LogP contribution in [0.1, 0.15) is 15.9 Å². The molecule has 0 spiro atoms. The van der Waals surface area contributed by atoms with E-state index in [1.54, 1.807) is 18.6 Å². The number of fused-ring (bicyclic) bond motifs is 2. The standard InChI is InChI=1S/C17H15N3O2/c21-17(14-10-19-15-4-2-1-3-13(14)15)20-7-8-22-16-5-6-18-9-12(16)11-20/h1-6,9-10,19H,7-8,11H2. The number of aromatic amines is 1. The fraction of sp³-hybridized carbons (Fsp3) is 0.176. The van der Waals surface area contributed by atoms with Gasteiger partial charge in [-0.2, -0.15) is 0 Å². The van der Waals surface area contributed by atoms with Crippen molar-refractivity contribution in [2.24, 2.45) is 0 Å². The summed E-state index contributed by atoms with van der Waals surface area (Å²) in [5, 5.41) is 0.948. The number of carbonyl (C=O) groups is 1. The van der Waals surface area contributed by atoms with Gasteiger partial charge in [-0.1, -0.05) is 18.2 Å². The van der Waals surface area contributed by atoms with E-state index in [9.17, 15) is 4.79 Å². The van der Waals surface area contributed by atoms with Gasteiger partial charge in [0, 0.05) is 35.1 Å². The first kappa shape index (κ1) is 12.9. The lowest BCUT2D eigenvalue weighted by molar-refractivity contribution is 0.0735. The van der Waals surface area contributed by atoms with Gasteiger partial charge in [-0.25, -0.2) is 0 Å². The minimum atomic E-state index is 0.0118. The number of carbonyl (C=O) groups excluding carboxylic acids is 1. The van der Waals surface area contributed by atoms with Gasteiger partial charge in [-0.3, -0.25) is 9.78 Å². The Labute approximate surface area is 127 Å². The average molecular weight is 293 g/mol. The van der Waals surface area contributed by atoms with Gasteiger partial charge in [0.1, 0.15) is 12.4 Å². The van der Waals surface area contributed by atoms with E-state index in [0.29, 0.717) is 25.3 Å². The highest BCUT2D eigenvalue weighted by atomic mass is 16.5. The van der Waals surface area contributed by atoms with Crippen molar-refractivity contribution in [2.45, 2.75) is 6.54 Å². The van der Waals surface area contributed by atoms with Gasteiger partial charge in [0.15, 0.2) is 0 Å². The summed E-state index contributed by atoms with van der Waals surface area (Å²) < 4.78 is 5.69. The molecule has 1 aliphatic rings. The minimum absolute atomic E-state index is 0.0118. The smallest absolute Gasteiger partial charge is 0.256 e. The number of nitrogens with zero attached hydrogens (tertiary/aromatic N) is 2. The second-order valence-corrected chi connectivity index (χ2v) is 5.31. The summed E-state index contributed by atoms with van der Waals surface area (Å²) in [7, 11) is 0. The maximum Gasteiger partial charge on any atom is 0.256 e. The molecule has 1 N–H and O–H groups in total. The first-order valence-electron chi connectivity index (χ1n) is 7.24. The molecule has 0 saturated heterocycles. The summed E-state index contributed by atoms with van der Waals surface area (Å²) in [5.41, 5.74) is 2.61. The maximum atomic E-state index is 12.9. The Balaban J connectivity index is 1.68. The predicted octanol–water partition coefficient (Wildman–Crippen LogP) is 2.60. The second kappa shape index (κ2) is 5.18. The summed E-state index contributed by atoms with van der Waals surface area (Å²) >= 11 is 0. The van der Waals surface area contributed by atoms with Crippen LogP contribution in [0, 0.1) is 0 Å². The van der Waals surface area contributed by atoms with Crippen LogP contribution >= 0.6 is 0 Å². The summed E-state index contributed by atoms with van der Waals surface area (Å²) in [4.78, 5) is 21.9. The van der Waals surface area contributed by atoms with Crippen molar-refractivity contribution in [3.8, 4) is 5.75 Å². The molecule has 3 heterocycles. The number of rotatable bonds is 1. The molecule has 5 heteroatoms. The van der Waals surface area contributed by atoms with Gasteiger partial charge in [0.25, 0.3) is 5.91 Å². The molecular formula is C17H15N3O2. The molecule has 5 nitrogen and oxygen atoms in total. The summed E-state index contributed by atoms with van der Waals surface area (Å²) in [6.07, 6.45) is 5.25. The first-order chi connectivity index (χ1) is 10.8. The summed E-state index contributed by atoms with van der Waals surface area (Å²) in [5.74, 6) is 0.821. The van der Waals surface area contributed by atoms with E-state index in [1.165, 1.54) is 0 Å². The van der Waals surface area contributed by atoms with E-state index in [1.807, 2.05) is 35.2 Å². The molecule has 0 aliphatic carbocycles. The third-order valence-electron chi connectivity index (χ3n) is 3.95. The topological polar surface area (TPSA) is 58.2 Å². The summed E-state index contributed by atoms with van der Waals surface area (Å²) in [6.45, 7) is 1.57. The van der Waals surface area contributed by atoms with Crippen LogP contribution in [0.4, 0.5) is 0 Å². The van der Waals surface area contributed by atoms with E-state index in [0.717, 1.165) is 22.2 Å². The third-order valence-corrected chi connectivity index (χ3v) is 3.95. The number of hydrogen-bond acceptors (Lipinski definition) is 3. The zero-order chi connectivity index (χ0) is 14.9. The number of para-hydroxylation sites is 1. The van der Waals surface area contributed by atoms with Gasteiger partial charge in [0.05, 0.1) is 18.7 Å². The van der Waals surface area contributed by atoms with Gasteiger partial charge < -0.3 is 14.6 Å². The highest BCUT2D eigenvalue weighted by molar-refractivity contribution is 6.06. The number of ether oxygens (including phenoxy) is 1. The van der Waals surface area contributed by atoms with Crippen LogP contribution in [0.2, 0.25) is 0 Å². The van der Waals surface area contributed by atoms with Crippen LogP contribution in [0.3, 0.4) is 0 Å². The van der Waals surface area contributed by atoms with Crippen LogP contribution in [0.25, 0.3) is 10.9 Å². The van der Waals surface area contributed by atoms with E-state index in [2.05, 4.69) is 9.97 Å². The van der Waals surface area contributed by atoms with Gasteiger partial charge in [-0.15, -0.1) is 0 Å². The minimum Gasteiger partial charge on any atom is -0.491 e. The van der Waals surface area contributed by atoms with Gasteiger partial charge in [-0.05, 0) is 12.1 Å². The number of H-pyrrole nitrogens is 1. The molecule has 0 fully saturated rings. The molecule has 2 aromatic heterocycles. The van der Waals surface area contributed by atoms with Crippen molar-refractivity contribution in [3.05, 3.63) is 60.0 Å². The van der Waals surface area contributed by atoms with Crippen molar-refractivity contribution >= 4 is 16.8 Å². The molecule has 4 rings (SSSR count). The fourth-order valence-corrected chi connectivity index (χ4v) is 2.82. The Morgan fingerprint density at radius 3 is 3.14 bits per heavy atom. The monoisotopic (exact) mass is 293 g/mol. The van der Waals surface area contributed by atoms with Crippen LogP contribution in [0.15, 0.2) is 48.9 Å². The lowest BCUT2D eigenvalue weighted by Crippen LogP contribution is -2.32. The Hall–Kier alpha value is -2.82. The predicted molar refractivity (Wildman–Crippen MR) is 82.8 cm³/mol. The SMILES string of the molecule is O=C(c1c[nH]c2ccccc12)N1CCOc2ccncc2C1.